The van der Waals surface area contributed by atoms with Crippen molar-refractivity contribution in [3.63, 3.8) is 0 Å². The second-order valence-corrected chi connectivity index (χ2v) is 8.48. The molecule has 0 aromatic carbocycles. The summed E-state index contributed by atoms with van der Waals surface area (Å²) < 4.78 is 48.2. The first kappa shape index (κ1) is 18.9. The van der Waals surface area contributed by atoms with E-state index in [1.165, 1.54) is 10.6 Å². The summed E-state index contributed by atoms with van der Waals surface area (Å²) in [6.45, 7) is 0.708. The van der Waals surface area contributed by atoms with E-state index < -0.39 is 12.2 Å². The Morgan fingerprint density at radius 2 is 1.83 bits per heavy atom. The Balaban J connectivity index is 1.52. The van der Waals surface area contributed by atoms with Crippen LogP contribution in [0.25, 0.3) is 0 Å². The van der Waals surface area contributed by atoms with Gasteiger partial charge in [0.15, 0.2) is 5.78 Å². The summed E-state index contributed by atoms with van der Waals surface area (Å²) in [4.78, 5) is 32.5. The van der Waals surface area contributed by atoms with Crippen LogP contribution in [-0.4, -0.2) is 59.4 Å². The SMILES string of the molecule is O=C(CN1c2nc(N3CC4CC[C@@H](C3)O4)cc(=O)n2CCC1C(F)(F)F)C1CC1. The molecule has 4 aliphatic rings. The van der Waals surface area contributed by atoms with Crippen molar-refractivity contribution in [3.8, 4) is 0 Å². The van der Waals surface area contributed by atoms with E-state index in [9.17, 15) is 22.8 Å². The third-order valence-electron chi connectivity index (χ3n) is 6.34. The minimum atomic E-state index is -4.50. The number of alkyl halides is 3. The van der Waals surface area contributed by atoms with E-state index in [0.717, 1.165) is 30.6 Å². The fraction of sp³-hybridized carbons (Fsp3) is 0.737. The number of aromatic nitrogens is 2. The molecule has 2 bridgehead atoms. The van der Waals surface area contributed by atoms with E-state index in [0.29, 0.717) is 18.9 Å². The number of ketones is 1. The fourth-order valence-electron chi connectivity index (χ4n) is 4.65. The normalized spacial score (nSPS) is 29.1. The molecule has 7 nitrogen and oxygen atoms in total. The summed E-state index contributed by atoms with van der Waals surface area (Å²) in [6, 6.07) is -0.420. The van der Waals surface area contributed by atoms with E-state index in [-0.39, 0.29) is 54.9 Å². The highest BCUT2D eigenvalue weighted by Crippen LogP contribution is 2.37. The topological polar surface area (TPSA) is 67.7 Å². The Kier molecular flexibility index (Phi) is 4.38. The smallest absolute Gasteiger partial charge is 0.371 e. The molecular formula is C19H23F3N4O3. The number of hydrogen-bond donors (Lipinski definition) is 0. The number of rotatable bonds is 4. The minimum Gasteiger partial charge on any atom is -0.371 e. The van der Waals surface area contributed by atoms with Crippen LogP contribution in [0.5, 0.6) is 0 Å². The van der Waals surface area contributed by atoms with Crippen molar-refractivity contribution in [2.75, 3.05) is 29.4 Å². The molecule has 1 aromatic heterocycles. The number of morpholine rings is 1. The van der Waals surface area contributed by atoms with Gasteiger partial charge in [-0.05, 0) is 32.1 Å². The zero-order valence-electron chi connectivity index (χ0n) is 15.9. The van der Waals surface area contributed by atoms with Gasteiger partial charge >= 0.3 is 6.18 Å². The molecule has 10 heteroatoms. The highest BCUT2D eigenvalue weighted by molar-refractivity contribution is 5.87. The Labute approximate surface area is 165 Å². The van der Waals surface area contributed by atoms with Gasteiger partial charge in [-0.3, -0.25) is 14.2 Å². The Morgan fingerprint density at radius 3 is 2.45 bits per heavy atom. The molecule has 3 atom stereocenters. The Morgan fingerprint density at radius 1 is 1.14 bits per heavy atom. The van der Waals surface area contributed by atoms with Crippen molar-refractivity contribution < 1.29 is 22.7 Å². The molecule has 1 aliphatic carbocycles. The summed E-state index contributed by atoms with van der Waals surface area (Å²) in [7, 11) is 0. The quantitative estimate of drug-likeness (QED) is 0.751. The molecular weight excluding hydrogens is 389 g/mol. The summed E-state index contributed by atoms with van der Waals surface area (Å²) in [5.74, 6) is -0.0529. The monoisotopic (exact) mass is 412 g/mol. The van der Waals surface area contributed by atoms with Crippen LogP contribution in [-0.2, 0) is 16.1 Å². The number of anilines is 2. The lowest BCUT2D eigenvalue weighted by Gasteiger charge is -2.39. The van der Waals surface area contributed by atoms with Crippen molar-refractivity contribution in [2.45, 2.75) is 63.1 Å². The van der Waals surface area contributed by atoms with Crippen LogP contribution in [0.3, 0.4) is 0 Å². The molecule has 2 saturated heterocycles. The van der Waals surface area contributed by atoms with Crippen LogP contribution in [0.2, 0.25) is 0 Å². The van der Waals surface area contributed by atoms with Crippen LogP contribution < -0.4 is 15.4 Å². The van der Waals surface area contributed by atoms with Gasteiger partial charge in [-0.1, -0.05) is 0 Å². The molecule has 2 unspecified atom stereocenters. The summed E-state index contributed by atoms with van der Waals surface area (Å²) in [5.41, 5.74) is -0.381. The van der Waals surface area contributed by atoms with Crippen molar-refractivity contribution in [3.05, 3.63) is 16.4 Å². The van der Waals surface area contributed by atoms with Gasteiger partial charge in [0.1, 0.15) is 11.9 Å². The number of halogens is 3. The number of carbonyl (C=O) groups is 1. The lowest BCUT2D eigenvalue weighted by atomic mass is 10.1. The van der Waals surface area contributed by atoms with Crippen LogP contribution in [0.1, 0.15) is 32.1 Å². The van der Waals surface area contributed by atoms with Gasteiger partial charge < -0.3 is 14.5 Å². The van der Waals surface area contributed by atoms with Gasteiger partial charge in [-0.2, -0.15) is 18.2 Å². The fourth-order valence-corrected chi connectivity index (χ4v) is 4.65. The van der Waals surface area contributed by atoms with E-state index in [2.05, 4.69) is 4.98 Å². The van der Waals surface area contributed by atoms with E-state index >= 15 is 0 Å². The first-order chi connectivity index (χ1) is 13.8. The average molecular weight is 412 g/mol. The second kappa shape index (κ2) is 6.72. The third-order valence-corrected chi connectivity index (χ3v) is 6.34. The predicted molar refractivity (Wildman–Crippen MR) is 98.1 cm³/mol. The van der Waals surface area contributed by atoms with E-state index in [4.69, 9.17) is 4.74 Å². The maximum absolute atomic E-state index is 13.7. The third kappa shape index (κ3) is 3.51. The zero-order chi connectivity index (χ0) is 20.3. The molecule has 158 valence electrons. The Hall–Kier alpha value is -2.10. The number of Topliss-reactive ketones (excluding diaryl/α,β-unsaturated/α-hetero) is 1. The molecule has 1 aromatic rings. The van der Waals surface area contributed by atoms with Crippen LogP contribution in [0, 0.1) is 5.92 Å². The molecule has 29 heavy (non-hydrogen) atoms. The summed E-state index contributed by atoms with van der Waals surface area (Å²) in [6.07, 6.45) is -1.33. The minimum absolute atomic E-state index is 0.0473. The Bertz CT molecular complexity index is 870. The van der Waals surface area contributed by atoms with Gasteiger partial charge in [0, 0.05) is 31.6 Å². The maximum atomic E-state index is 13.7. The van der Waals surface area contributed by atoms with Gasteiger partial charge in [-0.25, -0.2) is 0 Å². The van der Waals surface area contributed by atoms with Crippen LogP contribution >= 0.6 is 0 Å². The number of hydrogen-bond acceptors (Lipinski definition) is 6. The summed E-state index contributed by atoms with van der Waals surface area (Å²) in [5, 5.41) is 0. The lowest BCUT2D eigenvalue weighted by molar-refractivity contribution is -0.153. The van der Waals surface area contributed by atoms with Gasteiger partial charge in [0.25, 0.3) is 5.56 Å². The van der Waals surface area contributed by atoms with E-state index in [1.54, 1.807) is 0 Å². The summed E-state index contributed by atoms with van der Waals surface area (Å²) >= 11 is 0. The molecule has 3 fully saturated rings. The maximum Gasteiger partial charge on any atom is 0.408 e. The van der Waals surface area contributed by atoms with Crippen LogP contribution in [0.4, 0.5) is 24.9 Å². The van der Waals surface area contributed by atoms with Gasteiger partial charge in [-0.15, -0.1) is 0 Å². The number of carbonyl (C=O) groups excluding carboxylic acids is 1. The average Bonchev–Trinajstić information content (AvgIpc) is 3.46. The molecule has 0 N–H and O–H groups in total. The molecule has 1 saturated carbocycles. The zero-order valence-corrected chi connectivity index (χ0v) is 15.9. The number of ether oxygens (including phenoxy) is 1. The molecule has 3 aliphatic heterocycles. The van der Waals surface area contributed by atoms with Crippen LogP contribution in [0.15, 0.2) is 10.9 Å². The molecule has 5 rings (SSSR count). The van der Waals surface area contributed by atoms with E-state index in [1.807, 2.05) is 4.90 Å². The number of nitrogens with zero attached hydrogens (tertiary/aromatic N) is 4. The van der Waals surface area contributed by atoms with Gasteiger partial charge in [0.2, 0.25) is 5.95 Å². The first-order valence-electron chi connectivity index (χ1n) is 10.2. The molecule has 0 amide bonds. The molecule has 0 radical (unpaired) electrons. The van der Waals surface area contributed by atoms with Crippen molar-refractivity contribution >= 4 is 17.5 Å². The predicted octanol–water partition coefficient (Wildman–Crippen LogP) is 1.73. The molecule has 4 heterocycles. The second-order valence-electron chi connectivity index (χ2n) is 8.48. The largest absolute Gasteiger partial charge is 0.408 e. The number of fused-ring (bicyclic) bond motifs is 3. The van der Waals surface area contributed by atoms with Crippen molar-refractivity contribution in [1.29, 1.82) is 0 Å². The van der Waals surface area contributed by atoms with Crippen molar-refractivity contribution in [1.82, 2.24) is 9.55 Å². The highest BCUT2D eigenvalue weighted by atomic mass is 19.4. The van der Waals surface area contributed by atoms with Crippen molar-refractivity contribution in [2.24, 2.45) is 5.92 Å². The molecule has 0 spiro atoms. The standard InChI is InChI=1S/C19H23F3N4O3/c20-19(21,22)15-5-6-25-17(28)7-16(24-8-12-3-4-13(9-24)29-12)23-18(25)26(15)10-14(27)11-1-2-11/h7,11-13,15H,1-6,8-10H2/t12-,13?,15?/m0/s1. The first-order valence-corrected chi connectivity index (χ1v) is 10.2. The van der Waals surface area contributed by atoms with Gasteiger partial charge in [0.05, 0.1) is 18.8 Å². The lowest BCUT2D eigenvalue weighted by Crippen LogP contribution is -2.54. The highest BCUT2D eigenvalue weighted by Gasteiger charge is 2.48.